The number of benzene rings is 10. The number of thiophene rings is 1. The van der Waals surface area contributed by atoms with Crippen molar-refractivity contribution in [3.05, 3.63) is 247 Å². The van der Waals surface area contributed by atoms with Crippen LogP contribution in [0, 0.1) is 0 Å². The molecule has 0 N–H and O–H groups in total. The van der Waals surface area contributed by atoms with Crippen LogP contribution in [0.5, 0.6) is 0 Å². The second-order valence-electron chi connectivity index (χ2n) is 18.7. The minimum atomic E-state index is -0.458. The summed E-state index contributed by atoms with van der Waals surface area (Å²) in [5.74, 6) is 0.738. The van der Waals surface area contributed by atoms with Crippen molar-refractivity contribution in [2.45, 2.75) is 5.41 Å². The molecule has 1 spiro atoms. The Kier molecular flexibility index (Phi) is 7.42. The zero-order valence-electron chi connectivity index (χ0n) is 37.1. The SMILES string of the molecule is c1ccc(-c2nc(-c3ccc(-c4ccc(-c5ccc6c7c5-c5ccccc5-n5c8ccccc8c8ccc(c-7c85)C65c6ccccc6-c6ccccc65)cc4)cc3)nc3sc4ccccc4c23)cc1. The monoisotopic (exact) mass is 891 g/mol. The average molecular weight is 892 g/mol. The number of para-hydroxylation sites is 2. The van der Waals surface area contributed by atoms with E-state index in [1.165, 1.54) is 104 Å². The average Bonchev–Trinajstić information content (AvgIpc) is 4.12. The lowest BCUT2D eigenvalue weighted by atomic mass is 9.70. The molecule has 13 aromatic rings. The number of hydrogen-bond donors (Lipinski definition) is 0. The van der Waals surface area contributed by atoms with Gasteiger partial charge < -0.3 is 4.57 Å². The van der Waals surface area contributed by atoms with Crippen LogP contribution < -0.4 is 0 Å². The first-order valence-corrected chi connectivity index (χ1v) is 24.6. The van der Waals surface area contributed by atoms with E-state index < -0.39 is 5.41 Å². The maximum Gasteiger partial charge on any atom is 0.161 e. The zero-order chi connectivity index (χ0) is 45.0. The van der Waals surface area contributed by atoms with Gasteiger partial charge in [0.15, 0.2) is 5.82 Å². The van der Waals surface area contributed by atoms with Gasteiger partial charge in [-0.3, -0.25) is 0 Å². The largest absolute Gasteiger partial charge is 0.308 e. The third-order valence-corrected chi connectivity index (χ3v) is 16.5. The molecular formula is C65H37N3S. The molecule has 4 heterocycles. The van der Waals surface area contributed by atoms with Crippen LogP contribution in [0.2, 0.25) is 0 Å². The quantitative estimate of drug-likeness (QED) is 0.176. The van der Waals surface area contributed by atoms with Gasteiger partial charge in [0, 0.05) is 48.5 Å². The van der Waals surface area contributed by atoms with Gasteiger partial charge >= 0.3 is 0 Å². The van der Waals surface area contributed by atoms with E-state index in [0.29, 0.717) is 0 Å². The minimum absolute atomic E-state index is 0.458. The van der Waals surface area contributed by atoms with E-state index >= 15 is 0 Å². The van der Waals surface area contributed by atoms with Gasteiger partial charge in [0.25, 0.3) is 0 Å². The molecule has 10 aromatic carbocycles. The molecule has 0 radical (unpaired) electrons. The Morgan fingerprint density at radius 2 is 0.957 bits per heavy atom. The fraction of sp³-hybridized carbons (Fsp3) is 0.0154. The highest BCUT2D eigenvalue weighted by molar-refractivity contribution is 7.25. The van der Waals surface area contributed by atoms with E-state index in [1.54, 1.807) is 11.3 Å². The van der Waals surface area contributed by atoms with Crippen molar-refractivity contribution < 1.29 is 0 Å². The van der Waals surface area contributed by atoms with Gasteiger partial charge in [-0.25, -0.2) is 9.97 Å². The second kappa shape index (κ2) is 13.7. The van der Waals surface area contributed by atoms with Gasteiger partial charge in [-0.05, 0) is 85.0 Å². The van der Waals surface area contributed by atoms with E-state index in [2.05, 4.69) is 229 Å². The van der Waals surface area contributed by atoms with Crippen molar-refractivity contribution in [1.82, 2.24) is 14.5 Å². The van der Waals surface area contributed by atoms with E-state index in [-0.39, 0.29) is 0 Å². The number of rotatable bonds is 4. The van der Waals surface area contributed by atoms with E-state index in [0.717, 1.165) is 44.0 Å². The molecule has 0 bridgehead atoms. The topological polar surface area (TPSA) is 30.7 Å². The van der Waals surface area contributed by atoms with Crippen molar-refractivity contribution in [2.75, 3.05) is 0 Å². The lowest BCUT2D eigenvalue weighted by Gasteiger charge is -2.31. The molecule has 3 aliphatic rings. The molecule has 0 atom stereocenters. The predicted molar refractivity (Wildman–Crippen MR) is 286 cm³/mol. The summed E-state index contributed by atoms with van der Waals surface area (Å²) < 4.78 is 3.79. The van der Waals surface area contributed by atoms with Crippen LogP contribution in [0.25, 0.3) is 126 Å². The summed E-state index contributed by atoms with van der Waals surface area (Å²) in [6.07, 6.45) is 0. The molecular weight excluding hydrogens is 855 g/mol. The van der Waals surface area contributed by atoms with Crippen LogP contribution in [-0.2, 0) is 5.41 Å². The summed E-state index contributed by atoms with van der Waals surface area (Å²) in [7, 11) is 0. The fourth-order valence-corrected chi connectivity index (χ4v) is 13.7. The summed E-state index contributed by atoms with van der Waals surface area (Å²) in [5, 5.41) is 4.89. The third-order valence-electron chi connectivity index (χ3n) is 15.4. The van der Waals surface area contributed by atoms with Crippen molar-refractivity contribution in [2.24, 2.45) is 0 Å². The third kappa shape index (κ3) is 4.85. The van der Waals surface area contributed by atoms with Gasteiger partial charge in [-0.2, -0.15) is 0 Å². The first-order valence-electron chi connectivity index (χ1n) is 23.7. The van der Waals surface area contributed by atoms with E-state index in [4.69, 9.17) is 9.97 Å². The van der Waals surface area contributed by atoms with Crippen LogP contribution >= 0.6 is 11.3 Å². The van der Waals surface area contributed by atoms with Crippen LogP contribution in [-0.4, -0.2) is 14.5 Å². The standard InChI is InChI=1S/C65H37N3S/c1-2-14-41(15-3-1)61-58-49-20-8-13-25-56(49)69-64(58)67-63(66-61)42-32-28-39(29-33-42)38-26-30-40(31-27-38)43-34-36-52-59-57(43)48-19-7-12-24-55(48)68-54-23-11-6-18-46(54)47-35-37-53(60(59)62(47)68)65(52)50-21-9-4-16-44(50)45-17-5-10-22-51(45)65/h1-37H. The van der Waals surface area contributed by atoms with Gasteiger partial charge in [-0.15, -0.1) is 11.3 Å². The highest BCUT2D eigenvalue weighted by atomic mass is 32.1. The van der Waals surface area contributed by atoms with Gasteiger partial charge in [0.05, 0.1) is 27.8 Å². The molecule has 4 heteroatoms. The second-order valence-corrected chi connectivity index (χ2v) is 19.7. The Hall–Kier alpha value is -8.70. The molecule has 69 heavy (non-hydrogen) atoms. The van der Waals surface area contributed by atoms with E-state index in [9.17, 15) is 0 Å². The summed E-state index contributed by atoms with van der Waals surface area (Å²) in [6.45, 7) is 0. The van der Waals surface area contributed by atoms with Crippen molar-refractivity contribution >= 4 is 53.4 Å². The maximum absolute atomic E-state index is 5.26. The summed E-state index contributed by atoms with van der Waals surface area (Å²) in [4.78, 5) is 11.4. The molecule has 318 valence electrons. The molecule has 0 unspecified atom stereocenters. The minimum Gasteiger partial charge on any atom is -0.308 e. The molecule has 16 rings (SSSR count). The molecule has 2 aliphatic carbocycles. The predicted octanol–water partition coefficient (Wildman–Crippen LogP) is 16.9. The van der Waals surface area contributed by atoms with Crippen molar-refractivity contribution in [1.29, 1.82) is 0 Å². The lowest BCUT2D eigenvalue weighted by molar-refractivity contribution is 0.794. The molecule has 0 saturated carbocycles. The zero-order valence-corrected chi connectivity index (χ0v) is 37.9. The Balaban J connectivity index is 0.868. The number of aromatic nitrogens is 3. The number of hydrogen-bond acceptors (Lipinski definition) is 3. The number of nitrogens with zero attached hydrogens (tertiary/aromatic N) is 3. The highest BCUT2D eigenvalue weighted by Gasteiger charge is 2.54. The van der Waals surface area contributed by atoms with Gasteiger partial charge in [0.1, 0.15) is 4.83 Å². The smallest absolute Gasteiger partial charge is 0.161 e. The van der Waals surface area contributed by atoms with Gasteiger partial charge in [0.2, 0.25) is 0 Å². The number of fused-ring (bicyclic) bond motifs is 16. The highest BCUT2D eigenvalue weighted by Crippen LogP contribution is 2.67. The van der Waals surface area contributed by atoms with Gasteiger partial charge in [-0.1, -0.05) is 206 Å². The van der Waals surface area contributed by atoms with Crippen LogP contribution in [0.4, 0.5) is 0 Å². The molecule has 1 aliphatic heterocycles. The van der Waals surface area contributed by atoms with E-state index in [1.807, 2.05) is 0 Å². The Morgan fingerprint density at radius 1 is 0.362 bits per heavy atom. The normalized spacial score (nSPS) is 13.3. The Bertz CT molecular complexity index is 4300. The summed E-state index contributed by atoms with van der Waals surface area (Å²) in [5.41, 5.74) is 24.4. The maximum atomic E-state index is 5.26. The van der Waals surface area contributed by atoms with Crippen LogP contribution in [0.15, 0.2) is 224 Å². The summed E-state index contributed by atoms with van der Waals surface area (Å²) >= 11 is 1.73. The molecule has 3 aromatic heterocycles. The Labute approximate surface area is 401 Å². The summed E-state index contributed by atoms with van der Waals surface area (Å²) in [6, 6.07) is 83.1. The molecule has 0 fully saturated rings. The van der Waals surface area contributed by atoms with Crippen molar-refractivity contribution in [3.8, 4) is 84.0 Å². The molecule has 0 amide bonds. The fourth-order valence-electron chi connectivity index (χ4n) is 12.6. The first kappa shape index (κ1) is 37.4. The van der Waals surface area contributed by atoms with Crippen LogP contribution in [0.1, 0.15) is 22.3 Å². The van der Waals surface area contributed by atoms with Crippen molar-refractivity contribution in [3.63, 3.8) is 0 Å². The first-order chi connectivity index (χ1) is 34.2. The molecule has 3 nitrogen and oxygen atoms in total. The Morgan fingerprint density at radius 3 is 1.72 bits per heavy atom. The van der Waals surface area contributed by atoms with Crippen LogP contribution in [0.3, 0.4) is 0 Å². The lowest BCUT2D eigenvalue weighted by Crippen LogP contribution is -2.26. The molecule has 0 saturated heterocycles.